The first kappa shape index (κ1) is 16.4. The van der Waals surface area contributed by atoms with Gasteiger partial charge in [0.25, 0.3) is 0 Å². The van der Waals surface area contributed by atoms with E-state index in [1.807, 2.05) is 0 Å². The minimum absolute atomic E-state index is 0.518. The second-order valence-corrected chi connectivity index (χ2v) is 3.38. The molecule has 0 amide bonds. The van der Waals surface area contributed by atoms with Crippen LogP contribution in [0.25, 0.3) is 0 Å². The molecule has 0 aromatic heterocycles. The Kier molecular flexibility index (Phi) is 3.85. The van der Waals surface area contributed by atoms with Gasteiger partial charge in [0.15, 0.2) is 11.6 Å². The Labute approximate surface area is 103 Å². The standard InChI is InChI=1S/C9H2F10O/c10-5-2-3(7(11,12)13)1-4(8(14,15)16)6(5)20-9(17,18)19/h1-2H. The number of halogens is 10. The molecule has 0 fully saturated rings. The second-order valence-electron chi connectivity index (χ2n) is 3.38. The Morgan fingerprint density at radius 1 is 0.750 bits per heavy atom. The lowest BCUT2D eigenvalue weighted by atomic mass is 10.1. The summed E-state index contributed by atoms with van der Waals surface area (Å²) in [7, 11) is 0. The summed E-state index contributed by atoms with van der Waals surface area (Å²) in [4.78, 5) is 0. The molecule has 0 radical (unpaired) electrons. The lowest BCUT2D eigenvalue weighted by Crippen LogP contribution is -2.22. The maximum Gasteiger partial charge on any atom is 0.573 e. The highest BCUT2D eigenvalue weighted by Crippen LogP contribution is 2.43. The highest BCUT2D eigenvalue weighted by molar-refractivity contribution is 5.41. The molecule has 0 heterocycles. The number of hydrogen-bond acceptors (Lipinski definition) is 1. The number of rotatable bonds is 1. The van der Waals surface area contributed by atoms with Crippen molar-refractivity contribution in [3.63, 3.8) is 0 Å². The van der Waals surface area contributed by atoms with E-state index < -0.39 is 53.5 Å². The van der Waals surface area contributed by atoms with Crippen LogP contribution < -0.4 is 4.74 Å². The van der Waals surface area contributed by atoms with Gasteiger partial charge in [0.2, 0.25) is 0 Å². The maximum absolute atomic E-state index is 13.1. The van der Waals surface area contributed by atoms with E-state index >= 15 is 0 Å². The van der Waals surface area contributed by atoms with Crippen LogP contribution in [0.1, 0.15) is 11.1 Å². The summed E-state index contributed by atoms with van der Waals surface area (Å²) in [6.07, 6.45) is -16.7. The Morgan fingerprint density at radius 3 is 1.60 bits per heavy atom. The Morgan fingerprint density at radius 2 is 1.25 bits per heavy atom. The van der Waals surface area contributed by atoms with Gasteiger partial charge in [-0.05, 0) is 12.1 Å². The molecular formula is C9H2F10O. The molecule has 1 aromatic carbocycles. The molecule has 0 unspecified atom stereocenters. The molecule has 0 atom stereocenters. The van der Waals surface area contributed by atoms with Crippen LogP contribution in [0.5, 0.6) is 5.75 Å². The van der Waals surface area contributed by atoms with Crippen molar-refractivity contribution < 1.29 is 48.6 Å². The Balaban J connectivity index is 3.52. The fraction of sp³-hybridized carbons (Fsp3) is 0.333. The summed E-state index contributed by atoms with van der Waals surface area (Å²) in [5, 5.41) is 0. The smallest absolute Gasteiger partial charge is 0.402 e. The highest BCUT2D eigenvalue weighted by atomic mass is 19.4. The molecule has 0 spiro atoms. The van der Waals surface area contributed by atoms with Crippen LogP contribution in [0.2, 0.25) is 0 Å². The highest BCUT2D eigenvalue weighted by Gasteiger charge is 2.44. The topological polar surface area (TPSA) is 9.23 Å². The van der Waals surface area contributed by atoms with Gasteiger partial charge in [-0.1, -0.05) is 0 Å². The number of alkyl halides is 9. The van der Waals surface area contributed by atoms with Crippen molar-refractivity contribution in [2.45, 2.75) is 18.7 Å². The van der Waals surface area contributed by atoms with Gasteiger partial charge >= 0.3 is 18.7 Å². The summed E-state index contributed by atoms with van der Waals surface area (Å²) in [6, 6.07) is -1.18. The van der Waals surface area contributed by atoms with Crippen molar-refractivity contribution in [3.05, 3.63) is 29.1 Å². The largest absolute Gasteiger partial charge is 0.573 e. The molecule has 11 heteroatoms. The zero-order chi connectivity index (χ0) is 15.9. The maximum atomic E-state index is 13.1. The minimum atomic E-state index is -5.69. The molecule has 0 aliphatic carbocycles. The molecular weight excluding hydrogens is 314 g/mol. The number of benzene rings is 1. The number of hydrogen-bond donors (Lipinski definition) is 0. The average Bonchev–Trinajstić information content (AvgIpc) is 2.15. The molecule has 0 bridgehead atoms. The van der Waals surface area contributed by atoms with Gasteiger partial charge in [-0.2, -0.15) is 26.3 Å². The van der Waals surface area contributed by atoms with E-state index in [4.69, 9.17) is 0 Å². The molecule has 0 saturated carbocycles. The lowest BCUT2D eigenvalue weighted by Gasteiger charge is -2.18. The lowest BCUT2D eigenvalue weighted by molar-refractivity contribution is -0.277. The number of ether oxygens (including phenoxy) is 1. The van der Waals surface area contributed by atoms with Crippen LogP contribution in [-0.4, -0.2) is 6.36 Å². The summed E-state index contributed by atoms with van der Waals surface area (Å²) in [5.41, 5.74) is -4.60. The fourth-order valence-electron chi connectivity index (χ4n) is 1.19. The zero-order valence-electron chi connectivity index (χ0n) is 8.84. The van der Waals surface area contributed by atoms with Crippen LogP contribution in [0.15, 0.2) is 12.1 Å². The van der Waals surface area contributed by atoms with Crippen molar-refractivity contribution in [2.24, 2.45) is 0 Å². The van der Waals surface area contributed by atoms with Gasteiger partial charge in [0, 0.05) is 0 Å². The van der Waals surface area contributed by atoms with Gasteiger partial charge in [0.05, 0.1) is 5.56 Å². The van der Waals surface area contributed by atoms with Gasteiger partial charge in [-0.15, -0.1) is 13.2 Å². The second kappa shape index (κ2) is 4.70. The minimum Gasteiger partial charge on any atom is -0.402 e. The van der Waals surface area contributed by atoms with Crippen LogP contribution in [-0.2, 0) is 12.4 Å². The summed E-state index contributed by atoms with van der Waals surface area (Å²) >= 11 is 0. The van der Waals surface area contributed by atoms with Crippen molar-refractivity contribution in [1.82, 2.24) is 0 Å². The van der Waals surface area contributed by atoms with Gasteiger partial charge < -0.3 is 4.74 Å². The third-order valence-electron chi connectivity index (χ3n) is 1.89. The zero-order valence-corrected chi connectivity index (χ0v) is 8.84. The Hall–Kier alpha value is -1.68. The van der Waals surface area contributed by atoms with E-state index in [9.17, 15) is 43.9 Å². The molecule has 0 aliphatic heterocycles. The molecule has 0 N–H and O–H groups in total. The fourth-order valence-corrected chi connectivity index (χ4v) is 1.19. The normalized spacial score (nSPS) is 13.5. The molecule has 20 heavy (non-hydrogen) atoms. The van der Waals surface area contributed by atoms with E-state index in [1.165, 1.54) is 0 Å². The van der Waals surface area contributed by atoms with Crippen LogP contribution in [0.4, 0.5) is 43.9 Å². The van der Waals surface area contributed by atoms with Gasteiger partial charge in [-0.25, -0.2) is 4.39 Å². The monoisotopic (exact) mass is 316 g/mol. The summed E-state index contributed by atoms with van der Waals surface area (Å²) in [5.74, 6) is -4.79. The molecule has 0 saturated heterocycles. The quantitative estimate of drug-likeness (QED) is 0.679. The molecule has 1 nitrogen and oxygen atoms in total. The summed E-state index contributed by atoms with van der Waals surface area (Å²) < 4.78 is 125. The predicted molar refractivity (Wildman–Crippen MR) is 43.1 cm³/mol. The average molecular weight is 316 g/mol. The van der Waals surface area contributed by atoms with E-state index in [1.54, 1.807) is 0 Å². The predicted octanol–water partition coefficient (Wildman–Crippen LogP) is 4.76. The molecule has 114 valence electrons. The van der Waals surface area contributed by atoms with Crippen LogP contribution in [0, 0.1) is 5.82 Å². The van der Waals surface area contributed by atoms with E-state index in [2.05, 4.69) is 4.74 Å². The Bertz CT molecular complexity index is 495. The molecule has 0 aliphatic rings. The third-order valence-corrected chi connectivity index (χ3v) is 1.89. The molecule has 1 rings (SSSR count). The van der Waals surface area contributed by atoms with Crippen LogP contribution >= 0.6 is 0 Å². The van der Waals surface area contributed by atoms with E-state index in [0.29, 0.717) is 0 Å². The first-order chi connectivity index (χ1) is 8.72. The molecule has 1 aromatic rings. The van der Waals surface area contributed by atoms with Crippen molar-refractivity contribution >= 4 is 0 Å². The van der Waals surface area contributed by atoms with E-state index in [-0.39, 0.29) is 0 Å². The van der Waals surface area contributed by atoms with Crippen molar-refractivity contribution in [2.75, 3.05) is 0 Å². The van der Waals surface area contributed by atoms with Crippen molar-refractivity contribution in [3.8, 4) is 5.75 Å². The van der Waals surface area contributed by atoms with Crippen molar-refractivity contribution in [1.29, 1.82) is 0 Å². The van der Waals surface area contributed by atoms with E-state index in [0.717, 1.165) is 0 Å². The van der Waals surface area contributed by atoms with Gasteiger partial charge in [-0.3, -0.25) is 0 Å². The third kappa shape index (κ3) is 3.90. The van der Waals surface area contributed by atoms with Crippen LogP contribution in [0.3, 0.4) is 0 Å². The first-order valence-corrected chi connectivity index (χ1v) is 4.45. The first-order valence-electron chi connectivity index (χ1n) is 4.45. The van der Waals surface area contributed by atoms with Gasteiger partial charge in [0.1, 0.15) is 5.56 Å². The summed E-state index contributed by atoms with van der Waals surface area (Å²) in [6.45, 7) is 0. The SMILES string of the molecule is Fc1cc(C(F)(F)F)cc(C(F)(F)F)c1OC(F)(F)F.